The number of aliphatic hydroxyl groups is 1. The van der Waals surface area contributed by atoms with Gasteiger partial charge in [0.25, 0.3) is 0 Å². The number of aromatic nitrogens is 1. The molecule has 5 nitrogen and oxygen atoms in total. The number of nitrogens with zero attached hydrogens (tertiary/aromatic N) is 1. The van der Waals surface area contributed by atoms with Crippen LogP contribution in [0, 0.1) is 30.6 Å². The lowest BCUT2D eigenvalue weighted by molar-refractivity contribution is -0.131. The fourth-order valence-corrected chi connectivity index (χ4v) is 4.38. The molecule has 0 fully saturated rings. The molecule has 0 aromatic carbocycles. The van der Waals surface area contributed by atoms with E-state index in [1.54, 1.807) is 18.3 Å². The Morgan fingerprint density at radius 3 is 2.44 bits per heavy atom. The number of aryl methyl sites for hydroxylation is 1. The van der Waals surface area contributed by atoms with E-state index in [2.05, 4.69) is 41.7 Å². The van der Waals surface area contributed by atoms with Gasteiger partial charge in [0.05, 0.1) is 23.2 Å². The molecule has 5 atom stereocenters. The van der Waals surface area contributed by atoms with Crippen molar-refractivity contribution in [3.63, 3.8) is 0 Å². The van der Waals surface area contributed by atoms with Gasteiger partial charge in [-0.25, -0.2) is 4.98 Å². The molecule has 194 valence electrons. The van der Waals surface area contributed by atoms with Crippen LogP contribution in [0.15, 0.2) is 23.6 Å². The van der Waals surface area contributed by atoms with Crippen LogP contribution in [0.2, 0.25) is 0 Å². The molecule has 2 heterocycles. The number of amides is 1. The maximum Gasteiger partial charge on any atom is 0.222 e. The lowest BCUT2D eigenvalue weighted by atomic mass is 9.83. The van der Waals surface area contributed by atoms with Gasteiger partial charge >= 0.3 is 0 Å². The monoisotopic (exact) mass is 492 g/mol. The molecule has 2 N–H and O–H groups in total. The second kappa shape index (κ2) is 18.5. The first-order valence-electron chi connectivity index (χ1n) is 12.8. The zero-order valence-electron chi connectivity index (χ0n) is 22.6. The highest BCUT2D eigenvalue weighted by Gasteiger charge is 2.28. The van der Waals surface area contributed by atoms with Gasteiger partial charge in [0.15, 0.2) is 0 Å². The minimum atomic E-state index is -0.904. The van der Waals surface area contributed by atoms with Gasteiger partial charge in [0.1, 0.15) is 5.78 Å². The Morgan fingerprint density at radius 1 is 1.18 bits per heavy atom. The summed E-state index contributed by atoms with van der Waals surface area (Å²) >= 11 is 1.68. The zero-order valence-corrected chi connectivity index (χ0v) is 23.5. The van der Waals surface area contributed by atoms with Crippen LogP contribution in [-0.4, -0.2) is 34.4 Å². The van der Waals surface area contributed by atoms with Crippen molar-refractivity contribution in [3.05, 3.63) is 34.3 Å². The standard InChI is InChI=1S/C19H33NO3.C7H9NS.C2H6/c1-13-8-6-5-7-9-14(2)12-20-18(22)11-17(21)16(4)19(23)15(3)10-13;1-3-4-7-5-9-6(2)8-7;1-2/h7,9,13-17,21H,5-6,8,10-12H2,1-4H3,(H,20,22);3-5H,1-2H3;1-2H3/b9-7-;4-3-;/t13?,14-,15?,16?,17?;;/m0../s1. The van der Waals surface area contributed by atoms with Crippen molar-refractivity contribution in [2.75, 3.05) is 6.54 Å². The molecule has 0 saturated carbocycles. The second-order valence-corrected chi connectivity index (χ2v) is 10.2. The molecule has 0 bridgehead atoms. The first-order chi connectivity index (χ1) is 16.1. The molecule has 4 unspecified atom stereocenters. The summed E-state index contributed by atoms with van der Waals surface area (Å²) in [5, 5.41) is 16.2. The summed E-state index contributed by atoms with van der Waals surface area (Å²) in [4.78, 5) is 28.6. The fraction of sp³-hybridized carbons (Fsp3) is 0.679. The highest BCUT2D eigenvalue weighted by Crippen LogP contribution is 2.23. The molecular formula is C28H48N2O3S. The quantitative estimate of drug-likeness (QED) is 0.432. The molecular weight excluding hydrogens is 444 g/mol. The smallest absolute Gasteiger partial charge is 0.222 e. The Morgan fingerprint density at radius 2 is 1.85 bits per heavy atom. The number of hydrogen-bond acceptors (Lipinski definition) is 5. The molecule has 1 amide bonds. The van der Waals surface area contributed by atoms with Gasteiger partial charge in [0, 0.05) is 23.8 Å². The van der Waals surface area contributed by atoms with E-state index in [1.807, 2.05) is 46.8 Å². The van der Waals surface area contributed by atoms with Crippen LogP contribution in [0.4, 0.5) is 0 Å². The summed E-state index contributed by atoms with van der Waals surface area (Å²) in [7, 11) is 0. The van der Waals surface area contributed by atoms with E-state index >= 15 is 0 Å². The van der Waals surface area contributed by atoms with Crippen molar-refractivity contribution in [1.29, 1.82) is 0 Å². The zero-order chi connectivity index (χ0) is 26.1. The van der Waals surface area contributed by atoms with Gasteiger partial charge < -0.3 is 10.4 Å². The fourth-order valence-electron chi connectivity index (χ4n) is 3.80. The maximum absolute atomic E-state index is 12.4. The van der Waals surface area contributed by atoms with E-state index in [0.29, 0.717) is 12.5 Å². The Kier molecular flexibility index (Phi) is 17.6. The number of allylic oxidation sites excluding steroid dienone is 2. The highest BCUT2D eigenvalue weighted by molar-refractivity contribution is 7.09. The predicted octanol–water partition coefficient (Wildman–Crippen LogP) is 6.61. The molecule has 1 aliphatic rings. The molecule has 2 rings (SSSR count). The van der Waals surface area contributed by atoms with Gasteiger partial charge in [0.2, 0.25) is 5.91 Å². The number of Topliss-reactive ketones (excluding diaryl/α,β-unsaturated/α-hetero) is 1. The van der Waals surface area contributed by atoms with Crippen molar-refractivity contribution < 1.29 is 14.7 Å². The van der Waals surface area contributed by atoms with Crippen LogP contribution in [0.5, 0.6) is 0 Å². The van der Waals surface area contributed by atoms with Crippen LogP contribution in [0.3, 0.4) is 0 Å². The van der Waals surface area contributed by atoms with Gasteiger partial charge in [-0.15, -0.1) is 11.3 Å². The maximum atomic E-state index is 12.4. The van der Waals surface area contributed by atoms with Crippen molar-refractivity contribution in [2.45, 2.75) is 93.6 Å². The largest absolute Gasteiger partial charge is 0.392 e. The van der Waals surface area contributed by atoms with E-state index in [4.69, 9.17) is 0 Å². The molecule has 0 saturated heterocycles. The average Bonchev–Trinajstić information content (AvgIpc) is 3.22. The van der Waals surface area contributed by atoms with E-state index in [0.717, 1.165) is 36.4 Å². The number of carbonyl (C=O) groups excluding carboxylic acids is 2. The van der Waals surface area contributed by atoms with Gasteiger partial charge in [-0.1, -0.05) is 66.2 Å². The van der Waals surface area contributed by atoms with Gasteiger partial charge in [-0.2, -0.15) is 0 Å². The Bertz CT molecular complexity index is 757. The summed E-state index contributed by atoms with van der Waals surface area (Å²) in [5.74, 6) is 0.0956. The molecule has 0 spiro atoms. The predicted molar refractivity (Wildman–Crippen MR) is 146 cm³/mol. The van der Waals surface area contributed by atoms with E-state index in [9.17, 15) is 14.7 Å². The molecule has 1 aromatic heterocycles. The Balaban J connectivity index is 0.000000819. The van der Waals surface area contributed by atoms with Gasteiger partial charge in [-0.3, -0.25) is 9.59 Å². The summed E-state index contributed by atoms with van der Waals surface area (Å²) in [6.07, 6.45) is 11.5. The SMILES string of the molecule is C/C=C\c1csc(C)n1.CC.CC1CCC/C=C\[C@H](C)CNC(=O)CC(O)C(C)C(=O)C(C)C1. The number of rotatable bonds is 1. The van der Waals surface area contributed by atoms with Crippen LogP contribution in [0.1, 0.15) is 91.3 Å². The number of carbonyl (C=O) groups is 2. The summed E-state index contributed by atoms with van der Waals surface area (Å²) in [6, 6.07) is 0. The molecule has 0 aliphatic carbocycles. The first kappa shape index (κ1) is 32.2. The minimum absolute atomic E-state index is 0.00832. The number of aliphatic hydroxyl groups excluding tert-OH is 1. The van der Waals surface area contributed by atoms with Crippen molar-refractivity contribution in [2.24, 2.45) is 23.7 Å². The number of thiazole rings is 1. The van der Waals surface area contributed by atoms with Crippen LogP contribution < -0.4 is 5.32 Å². The van der Waals surface area contributed by atoms with Crippen LogP contribution >= 0.6 is 11.3 Å². The lowest BCUT2D eigenvalue weighted by Crippen LogP contribution is -2.36. The van der Waals surface area contributed by atoms with E-state index in [-0.39, 0.29) is 29.9 Å². The third-order valence-corrected chi connectivity index (χ3v) is 6.58. The topological polar surface area (TPSA) is 79.3 Å². The highest BCUT2D eigenvalue weighted by atomic mass is 32.1. The molecule has 34 heavy (non-hydrogen) atoms. The van der Waals surface area contributed by atoms with Crippen molar-refractivity contribution in [1.82, 2.24) is 10.3 Å². The van der Waals surface area contributed by atoms with Crippen LogP contribution in [-0.2, 0) is 9.59 Å². The van der Waals surface area contributed by atoms with E-state index in [1.165, 1.54) is 0 Å². The molecule has 1 aliphatic heterocycles. The Hall–Kier alpha value is -1.79. The summed E-state index contributed by atoms with van der Waals surface area (Å²) < 4.78 is 0. The summed E-state index contributed by atoms with van der Waals surface area (Å²) in [5.41, 5.74) is 1.07. The van der Waals surface area contributed by atoms with Gasteiger partial charge in [-0.05, 0) is 51.0 Å². The second-order valence-electron chi connectivity index (χ2n) is 9.14. The third kappa shape index (κ3) is 13.8. The van der Waals surface area contributed by atoms with Crippen LogP contribution in [0.25, 0.3) is 6.08 Å². The normalized spacial score (nSPS) is 28.2. The number of nitrogens with one attached hydrogen (secondary N) is 1. The van der Waals surface area contributed by atoms with Crippen molar-refractivity contribution in [3.8, 4) is 0 Å². The van der Waals surface area contributed by atoms with Crippen molar-refractivity contribution >= 4 is 29.1 Å². The van der Waals surface area contributed by atoms with E-state index < -0.39 is 12.0 Å². The number of hydrogen-bond donors (Lipinski definition) is 2. The first-order valence-corrected chi connectivity index (χ1v) is 13.7. The average molecular weight is 493 g/mol. The molecule has 1 aromatic rings. The third-order valence-electron chi connectivity index (χ3n) is 5.79. The molecule has 6 heteroatoms. The Labute approximate surface area is 212 Å². The minimum Gasteiger partial charge on any atom is -0.392 e. The lowest BCUT2D eigenvalue weighted by Gasteiger charge is -2.23. The summed E-state index contributed by atoms with van der Waals surface area (Å²) in [6.45, 7) is 16.5. The molecule has 0 radical (unpaired) electrons. The number of ketones is 1.